The van der Waals surface area contributed by atoms with Gasteiger partial charge in [-0.05, 0) is 6.07 Å². The van der Waals surface area contributed by atoms with Crippen molar-refractivity contribution in [2.45, 2.75) is 39.8 Å². The molecule has 6 nitrogen and oxygen atoms in total. The Morgan fingerprint density at radius 1 is 1.08 bits per heavy atom. The second kappa shape index (κ2) is 10.6. The molecule has 1 aromatic carbocycles. The molecule has 0 bridgehead atoms. The summed E-state index contributed by atoms with van der Waals surface area (Å²) in [6.07, 6.45) is 17.1. The number of allylic oxidation sites excluding steroid dienone is 8. The van der Waals surface area contributed by atoms with Crippen LogP contribution in [0.5, 0.6) is 5.75 Å². The van der Waals surface area contributed by atoms with Gasteiger partial charge >= 0.3 is 188 Å². The van der Waals surface area contributed by atoms with Crippen LogP contribution in [0.15, 0.2) is 76.7 Å². The van der Waals surface area contributed by atoms with Crippen molar-refractivity contribution in [2.75, 3.05) is 0 Å². The van der Waals surface area contributed by atoms with Gasteiger partial charge in [0, 0.05) is 0 Å². The molecule has 1 fully saturated rings. The third kappa shape index (κ3) is 5.40. The van der Waals surface area contributed by atoms with Gasteiger partial charge in [-0.25, -0.2) is 0 Å². The first-order chi connectivity index (χ1) is 17.1. The summed E-state index contributed by atoms with van der Waals surface area (Å²) >= 11 is 5.64. The molecule has 2 aromatic rings. The van der Waals surface area contributed by atoms with E-state index in [1.54, 1.807) is 30.6 Å². The van der Waals surface area contributed by atoms with Crippen molar-refractivity contribution in [3.63, 3.8) is 0 Å². The van der Waals surface area contributed by atoms with Gasteiger partial charge in [0.05, 0.1) is 10.6 Å². The third-order valence-corrected chi connectivity index (χ3v) is 9.16. The zero-order valence-electron chi connectivity index (χ0n) is 20.5. The second-order valence-corrected chi connectivity index (χ2v) is 13.0. The van der Waals surface area contributed by atoms with E-state index in [9.17, 15) is 4.79 Å². The molecule has 0 radical (unpaired) electrons. The summed E-state index contributed by atoms with van der Waals surface area (Å²) in [5.74, 6) is 0.395. The maximum absolute atomic E-state index is 13.1. The number of halogens is 2. The first-order valence-corrected chi connectivity index (χ1v) is 14.0. The van der Waals surface area contributed by atoms with Crippen molar-refractivity contribution in [3.8, 4) is 11.8 Å². The minimum Gasteiger partial charge on any atom is -0.192 e. The second-order valence-electron chi connectivity index (χ2n) is 9.82. The van der Waals surface area contributed by atoms with E-state index in [2.05, 4.69) is 61.2 Å². The molecule has 0 spiro atoms. The number of hydrogen-bond acceptors (Lipinski definition) is 5. The normalized spacial score (nSPS) is 25.6. The summed E-state index contributed by atoms with van der Waals surface area (Å²) < 4.78 is 8.25. The molecule has 8 heteroatoms. The molecule has 4 rings (SSSR count). The molecule has 36 heavy (non-hydrogen) atoms. The molecule has 1 heterocycles. The number of amides is 1. The van der Waals surface area contributed by atoms with Gasteiger partial charge in [-0.1, -0.05) is 11.6 Å². The molecular weight excluding hydrogens is 587 g/mol. The monoisotopic (exact) mass is 613 g/mol. The van der Waals surface area contributed by atoms with Crippen LogP contribution >= 0.6 is 11.6 Å². The topological polar surface area (TPSA) is 87.9 Å². The smallest absolute Gasteiger partial charge is 0.192 e. The fourth-order valence-corrected chi connectivity index (χ4v) is 7.09. The number of carbonyl (C=O) groups is 1. The van der Waals surface area contributed by atoms with Crippen molar-refractivity contribution in [1.82, 2.24) is 15.3 Å². The number of hydrogen-bond donors (Lipinski definition) is 1. The molecule has 1 saturated carbocycles. The Balaban J connectivity index is 1.41. The summed E-state index contributed by atoms with van der Waals surface area (Å²) in [6, 6.07) is 6.99. The number of nitrogens with zero attached hydrogens (tertiary/aromatic N) is 3. The van der Waals surface area contributed by atoms with Crippen LogP contribution in [0.4, 0.5) is 0 Å². The zero-order chi connectivity index (χ0) is 25.9. The Kier molecular flexibility index (Phi) is 7.67. The summed E-state index contributed by atoms with van der Waals surface area (Å²) in [6.45, 7) is 8.29. The number of nitriles is 1. The third-order valence-electron chi connectivity index (χ3n) is 6.46. The van der Waals surface area contributed by atoms with Crippen LogP contribution in [0.3, 0.4) is 0 Å². The Bertz CT molecular complexity index is 1300. The van der Waals surface area contributed by atoms with E-state index in [0.29, 0.717) is 21.9 Å². The zero-order valence-corrected chi connectivity index (χ0v) is 23.4. The van der Waals surface area contributed by atoms with Gasteiger partial charge in [0.2, 0.25) is 0 Å². The molecule has 1 N–H and O–H groups in total. The molecule has 1 aromatic heterocycles. The van der Waals surface area contributed by atoms with Crippen LogP contribution in [0.1, 0.15) is 43.6 Å². The summed E-state index contributed by atoms with van der Waals surface area (Å²) in [5, 5.41) is 12.6. The summed E-state index contributed by atoms with van der Waals surface area (Å²) in [5.41, 5.74) is 0.154. The van der Waals surface area contributed by atoms with Gasteiger partial charge < -0.3 is 0 Å². The molecule has 0 saturated heterocycles. The van der Waals surface area contributed by atoms with E-state index >= 15 is 0 Å². The van der Waals surface area contributed by atoms with Crippen LogP contribution < -0.4 is 31.3 Å². The molecule has 186 valence electrons. The molecule has 2 aliphatic carbocycles. The van der Waals surface area contributed by atoms with Crippen LogP contribution in [0, 0.1) is 26.0 Å². The van der Waals surface area contributed by atoms with E-state index < -0.39 is 21.2 Å². The average molecular weight is 614 g/mol. The van der Waals surface area contributed by atoms with Crippen molar-refractivity contribution in [2.24, 2.45) is 10.8 Å². The predicted molar refractivity (Wildman–Crippen MR) is 136 cm³/mol. The number of aromatic nitrogens is 2. The molecule has 2 aliphatic rings. The molecule has 0 atom stereocenters. The minimum absolute atomic E-state index is 0.131. The SMILES string of the molecule is CC1(C)C(NC(=O)c2cnc([I-]C3=C/C=C\C=C/C=C\3)nc2)C(C)(C)C1Oc1ccc(C#N)c(Cl)c1. The fraction of sp³-hybridized carbons (Fsp3) is 0.286. The maximum atomic E-state index is 13.1. The number of rotatable bonds is 6. The van der Waals surface area contributed by atoms with Gasteiger partial charge in [-0.2, -0.15) is 5.26 Å². The molecule has 1 amide bonds. The first-order valence-electron chi connectivity index (χ1n) is 11.5. The van der Waals surface area contributed by atoms with E-state index in [0.717, 1.165) is 3.83 Å². The van der Waals surface area contributed by atoms with Crippen LogP contribution in [0.25, 0.3) is 0 Å². The first kappa shape index (κ1) is 26.1. The van der Waals surface area contributed by atoms with Crippen molar-refractivity contribution in [3.05, 3.63) is 96.7 Å². The Hall–Kier alpha value is -2.96. The van der Waals surface area contributed by atoms with Gasteiger partial charge in [0.15, 0.2) is 0 Å². The van der Waals surface area contributed by atoms with E-state index in [1.807, 2.05) is 30.4 Å². The van der Waals surface area contributed by atoms with Gasteiger partial charge in [-0.15, -0.1) is 0 Å². The van der Waals surface area contributed by atoms with Crippen molar-refractivity contribution < 1.29 is 30.7 Å². The van der Waals surface area contributed by atoms with Crippen molar-refractivity contribution >= 4 is 17.5 Å². The molecular formula is C28H27ClIN4O2-. The summed E-state index contributed by atoms with van der Waals surface area (Å²) in [4.78, 5) is 22.0. The average Bonchev–Trinajstić information content (AvgIpc) is 2.82. The minimum atomic E-state index is -0.543. The Morgan fingerprint density at radius 2 is 1.75 bits per heavy atom. The Labute approximate surface area is 227 Å². The summed E-state index contributed by atoms with van der Waals surface area (Å²) in [7, 11) is 0. The van der Waals surface area contributed by atoms with Crippen molar-refractivity contribution in [1.29, 1.82) is 5.26 Å². The predicted octanol–water partition coefficient (Wildman–Crippen LogP) is 2.44. The number of carbonyl (C=O) groups excluding carboxylic acids is 1. The number of nitrogens with one attached hydrogen (secondary N) is 1. The van der Waals surface area contributed by atoms with Gasteiger partial charge in [-0.3, -0.25) is 0 Å². The van der Waals surface area contributed by atoms with Crippen LogP contribution in [-0.2, 0) is 0 Å². The van der Waals surface area contributed by atoms with Gasteiger partial charge in [0.25, 0.3) is 0 Å². The molecule has 0 unspecified atom stereocenters. The van der Waals surface area contributed by atoms with Gasteiger partial charge in [0.1, 0.15) is 6.07 Å². The fourth-order valence-electron chi connectivity index (χ4n) is 4.99. The standard InChI is InChI=1S/C28H27ClIN4O2/c1-27(2)24(28(3,4)25(27)36-21-13-12-18(15-31)22(29)14-21)34-23(35)19-16-32-26(33-17-19)30-20-10-8-6-5-7-9-11-20/h5-14,16-17,24-25H,1-4H3,(H,34,35)/q-1/b6-5-,7-5?,8-6?,9-7-,10-8-,11-9?,20-10?,20-11+. The quantitative estimate of drug-likeness (QED) is 0.400. The number of benzene rings is 1. The van der Waals surface area contributed by atoms with E-state index in [1.165, 1.54) is 3.58 Å². The Morgan fingerprint density at radius 3 is 2.42 bits per heavy atom. The molecule has 0 aliphatic heterocycles. The van der Waals surface area contributed by atoms with E-state index in [4.69, 9.17) is 21.6 Å². The van der Waals surface area contributed by atoms with E-state index in [-0.39, 0.29) is 28.9 Å². The van der Waals surface area contributed by atoms with Crippen LogP contribution in [-0.4, -0.2) is 28.0 Å². The van der Waals surface area contributed by atoms with Crippen LogP contribution in [0.2, 0.25) is 5.02 Å². The number of ether oxygens (including phenoxy) is 1.